The molecule has 2 fully saturated rings. The first-order valence-electron chi connectivity index (χ1n) is 10.6. The predicted octanol–water partition coefficient (Wildman–Crippen LogP) is 3.34. The smallest absolute Gasteiger partial charge is 0.243 e. The van der Waals surface area contributed by atoms with Gasteiger partial charge in [0.2, 0.25) is 15.9 Å². The van der Waals surface area contributed by atoms with E-state index in [0.717, 1.165) is 25.7 Å². The van der Waals surface area contributed by atoms with Gasteiger partial charge in [-0.15, -0.1) is 0 Å². The normalized spacial score (nSPS) is 23.7. The van der Waals surface area contributed by atoms with Gasteiger partial charge in [0.1, 0.15) is 0 Å². The maximum absolute atomic E-state index is 13.1. The van der Waals surface area contributed by atoms with Crippen LogP contribution < -0.4 is 5.32 Å². The Balaban J connectivity index is 1.71. The van der Waals surface area contributed by atoms with E-state index in [1.807, 2.05) is 25.7 Å². The van der Waals surface area contributed by atoms with E-state index in [2.05, 4.69) is 5.32 Å². The number of hydrogen-bond donors (Lipinski definition) is 1. The molecular weight excluding hydrogens is 426 g/mol. The minimum atomic E-state index is -3.61. The zero-order chi connectivity index (χ0) is 21.9. The summed E-state index contributed by atoms with van der Waals surface area (Å²) in [6, 6.07) is 4.50. The van der Waals surface area contributed by atoms with Gasteiger partial charge in [-0.1, -0.05) is 24.4 Å². The molecular formula is C21H32ClN3O4S. The van der Waals surface area contributed by atoms with Crippen LogP contribution in [0.15, 0.2) is 23.1 Å². The first kappa shape index (κ1) is 23.5. The van der Waals surface area contributed by atoms with Crippen molar-refractivity contribution in [1.29, 1.82) is 0 Å². The Kier molecular flexibility index (Phi) is 7.45. The lowest BCUT2D eigenvalue weighted by Gasteiger charge is -2.41. The van der Waals surface area contributed by atoms with Crippen LogP contribution in [0.1, 0.15) is 46.5 Å². The zero-order valence-electron chi connectivity index (χ0n) is 18.0. The summed E-state index contributed by atoms with van der Waals surface area (Å²) in [5.74, 6) is -0.230. The molecule has 9 heteroatoms. The summed E-state index contributed by atoms with van der Waals surface area (Å²) < 4.78 is 33.5. The first-order chi connectivity index (χ1) is 14.1. The van der Waals surface area contributed by atoms with E-state index in [0.29, 0.717) is 36.9 Å². The average molecular weight is 458 g/mol. The van der Waals surface area contributed by atoms with Crippen molar-refractivity contribution in [2.24, 2.45) is 0 Å². The second kappa shape index (κ2) is 9.53. The van der Waals surface area contributed by atoms with Crippen LogP contribution in [0.3, 0.4) is 0 Å². The Bertz CT molecular complexity index is 867. The van der Waals surface area contributed by atoms with Crippen molar-refractivity contribution in [3.8, 4) is 0 Å². The number of sulfonamides is 1. The molecule has 168 valence electrons. The third-order valence-corrected chi connectivity index (χ3v) is 7.65. The third kappa shape index (κ3) is 5.95. The average Bonchev–Trinajstić information content (AvgIpc) is 2.91. The third-order valence-electron chi connectivity index (χ3n) is 5.42. The van der Waals surface area contributed by atoms with E-state index in [1.54, 1.807) is 0 Å². The monoisotopic (exact) mass is 457 g/mol. The molecule has 7 nitrogen and oxygen atoms in total. The molecule has 2 aliphatic rings. The summed E-state index contributed by atoms with van der Waals surface area (Å²) in [6.07, 6.45) is 3.86. The molecule has 30 heavy (non-hydrogen) atoms. The Hall–Kier alpha value is -1.19. The van der Waals surface area contributed by atoms with Crippen LogP contribution >= 0.6 is 11.6 Å². The number of rotatable bonds is 5. The van der Waals surface area contributed by atoms with E-state index in [-0.39, 0.29) is 29.1 Å². The fourth-order valence-electron chi connectivity index (χ4n) is 4.29. The van der Waals surface area contributed by atoms with Crippen LogP contribution in [0.2, 0.25) is 5.02 Å². The van der Waals surface area contributed by atoms with Gasteiger partial charge < -0.3 is 10.1 Å². The van der Waals surface area contributed by atoms with Crippen molar-refractivity contribution >= 4 is 33.2 Å². The lowest BCUT2D eigenvalue weighted by atomic mass is 10.1. The number of anilines is 1. The highest BCUT2D eigenvalue weighted by atomic mass is 35.5. The number of benzene rings is 1. The Morgan fingerprint density at radius 2 is 1.90 bits per heavy atom. The van der Waals surface area contributed by atoms with Gasteiger partial charge in [-0.2, -0.15) is 4.31 Å². The fraction of sp³-hybridized carbons (Fsp3) is 0.667. The predicted molar refractivity (Wildman–Crippen MR) is 118 cm³/mol. The van der Waals surface area contributed by atoms with E-state index in [4.69, 9.17) is 16.3 Å². The standard InChI is InChI=1S/C21H32ClN3O4S/c1-16-13-24(15-21(2,3)29-16)14-20(26)23-19-12-17(8-9-18(19)22)30(27,28)25-10-6-4-5-7-11-25/h8-9,12,16H,4-7,10-11,13-15H2,1-3H3,(H,23,26). The fourth-order valence-corrected chi connectivity index (χ4v) is 6.00. The minimum absolute atomic E-state index is 0.0345. The summed E-state index contributed by atoms with van der Waals surface area (Å²) in [4.78, 5) is 14.8. The molecule has 0 radical (unpaired) electrons. The number of carbonyl (C=O) groups is 1. The Labute approximate surface area is 184 Å². The lowest BCUT2D eigenvalue weighted by Crippen LogP contribution is -2.53. The molecule has 1 aromatic carbocycles. The van der Waals surface area contributed by atoms with Crippen LogP contribution in [0, 0.1) is 0 Å². The first-order valence-corrected chi connectivity index (χ1v) is 12.4. The molecule has 3 rings (SSSR count). The Morgan fingerprint density at radius 3 is 2.53 bits per heavy atom. The summed E-state index contributed by atoms with van der Waals surface area (Å²) in [6.45, 7) is 8.53. The number of hydrogen-bond acceptors (Lipinski definition) is 5. The van der Waals surface area contributed by atoms with Crippen LogP contribution in [-0.4, -0.2) is 68.0 Å². The maximum atomic E-state index is 13.1. The van der Waals surface area contributed by atoms with Gasteiger partial charge in [-0.25, -0.2) is 8.42 Å². The topological polar surface area (TPSA) is 79.0 Å². The number of nitrogens with zero attached hydrogens (tertiary/aromatic N) is 2. The quantitative estimate of drug-likeness (QED) is 0.733. The van der Waals surface area contributed by atoms with Crippen LogP contribution in [0.25, 0.3) is 0 Å². The van der Waals surface area contributed by atoms with E-state index < -0.39 is 10.0 Å². The molecule has 0 saturated carbocycles. The number of halogens is 1. The maximum Gasteiger partial charge on any atom is 0.243 e. The lowest BCUT2D eigenvalue weighted by molar-refractivity contribution is -0.136. The second-order valence-corrected chi connectivity index (χ2v) is 11.2. The molecule has 2 heterocycles. The second-order valence-electron chi connectivity index (χ2n) is 8.87. The van der Waals surface area contributed by atoms with E-state index >= 15 is 0 Å². The van der Waals surface area contributed by atoms with Crippen LogP contribution in [0.4, 0.5) is 5.69 Å². The molecule has 1 N–H and O–H groups in total. The summed E-state index contributed by atoms with van der Waals surface area (Å²) in [7, 11) is -3.61. The van der Waals surface area contributed by atoms with Crippen molar-refractivity contribution in [1.82, 2.24) is 9.21 Å². The number of nitrogens with one attached hydrogen (secondary N) is 1. The number of carbonyl (C=O) groups excluding carboxylic acids is 1. The highest BCUT2D eigenvalue weighted by Crippen LogP contribution is 2.28. The molecule has 0 spiro atoms. The zero-order valence-corrected chi connectivity index (χ0v) is 19.6. The van der Waals surface area contributed by atoms with Crippen LogP contribution in [0.5, 0.6) is 0 Å². The van der Waals surface area contributed by atoms with Crippen molar-refractivity contribution < 1.29 is 17.9 Å². The van der Waals surface area contributed by atoms with Gasteiger partial charge in [0.15, 0.2) is 0 Å². The molecule has 1 atom stereocenters. The SMILES string of the molecule is CC1CN(CC(=O)Nc2cc(S(=O)(=O)N3CCCCCC3)ccc2Cl)CC(C)(C)O1. The summed E-state index contributed by atoms with van der Waals surface area (Å²) >= 11 is 6.26. The minimum Gasteiger partial charge on any atom is -0.370 e. The molecule has 0 bridgehead atoms. The summed E-state index contributed by atoms with van der Waals surface area (Å²) in [5, 5.41) is 3.10. The van der Waals surface area contributed by atoms with Gasteiger partial charge >= 0.3 is 0 Å². The van der Waals surface area contributed by atoms with Crippen molar-refractivity contribution in [3.63, 3.8) is 0 Å². The van der Waals surface area contributed by atoms with Gasteiger partial charge in [-0.05, 0) is 51.8 Å². The van der Waals surface area contributed by atoms with Gasteiger partial charge in [-0.3, -0.25) is 9.69 Å². The van der Waals surface area contributed by atoms with Crippen molar-refractivity contribution in [3.05, 3.63) is 23.2 Å². The molecule has 1 aromatic rings. The van der Waals surface area contributed by atoms with Gasteiger partial charge in [0, 0.05) is 26.2 Å². The van der Waals surface area contributed by atoms with Crippen LogP contribution in [-0.2, 0) is 19.6 Å². The van der Waals surface area contributed by atoms with E-state index in [9.17, 15) is 13.2 Å². The highest BCUT2D eigenvalue weighted by molar-refractivity contribution is 7.89. The summed E-state index contributed by atoms with van der Waals surface area (Å²) in [5.41, 5.74) is -0.00496. The molecule has 2 saturated heterocycles. The molecule has 0 aliphatic carbocycles. The number of morpholine rings is 1. The molecule has 2 aliphatic heterocycles. The number of amides is 1. The van der Waals surface area contributed by atoms with Gasteiger partial charge in [0.05, 0.1) is 33.9 Å². The highest BCUT2D eigenvalue weighted by Gasteiger charge is 2.32. The van der Waals surface area contributed by atoms with Crippen molar-refractivity contribution in [2.75, 3.05) is 38.0 Å². The Morgan fingerprint density at radius 1 is 1.23 bits per heavy atom. The molecule has 1 amide bonds. The van der Waals surface area contributed by atoms with Crippen molar-refractivity contribution in [2.45, 2.75) is 63.1 Å². The largest absolute Gasteiger partial charge is 0.370 e. The molecule has 0 aromatic heterocycles. The number of ether oxygens (including phenoxy) is 1. The van der Waals surface area contributed by atoms with E-state index in [1.165, 1.54) is 22.5 Å². The van der Waals surface area contributed by atoms with Gasteiger partial charge in [0.25, 0.3) is 0 Å². The molecule has 1 unspecified atom stereocenters.